The smallest absolute Gasteiger partial charge is 0.313 e. The molecule has 0 aromatic carbocycles. The van der Waals surface area contributed by atoms with Crippen LogP contribution in [0.15, 0.2) is 0 Å². The number of Topliss-reactive ketones (excluding diaryl/α,β-unsaturated/α-hetero) is 1. The SMILES string of the molecule is NP(=O)(O)OC(CCCCC(=O)CCCCCCCC=O)OP(N)(=O)O. The van der Waals surface area contributed by atoms with E-state index >= 15 is 0 Å². The molecule has 0 amide bonds. The first-order valence-corrected chi connectivity index (χ1v) is 11.9. The highest BCUT2D eigenvalue weighted by molar-refractivity contribution is 7.50. The van der Waals surface area contributed by atoms with Gasteiger partial charge in [0.05, 0.1) is 0 Å². The first-order valence-electron chi connectivity index (χ1n) is 8.58. The van der Waals surface area contributed by atoms with Crippen LogP contribution in [-0.4, -0.2) is 28.1 Å². The van der Waals surface area contributed by atoms with Gasteiger partial charge in [0.15, 0.2) is 6.29 Å². The van der Waals surface area contributed by atoms with Gasteiger partial charge >= 0.3 is 15.5 Å². The molecule has 12 heteroatoms. The Bertz CT molecular complexity index is 481. The Labute approximate surface area is 153 Å². The summed E-state index contributed by atoms with van der Waals surface area (Å²) in [5.74, 6) is 0.106. The van der Waals surface area contributed by atoms with Crippen LogP contribution in [0.1, 0.15) is 70.6 Å². The fraction of sp³-hybridized carbons (Fsp3) is 0.857. The van der Waals surface area contributed by atoms with Crippen LogP contribution in [0.5, 0.6) is 0 Å². The van der Waals surface area contributed by atoms with E-state index in [1.165, 1.54) is 0 Å². The molecule has 0 aromatic rings. The van der Waals surface area contributed by atoms with Gasteiger partial charge in [-0.05, 0) is 32.1 Å². The van der Waals surface area contributed by atoms with Gasteiger partial charge in [-0.2, -0.15) is 0 Å². The number of carbonyl (C=O) groups is 2. The molecule has 0 aliphatic carbocycles. The normalized spacial score (nSPS) is 17.2. The van der Waals surface area contributed by atoms with Crippen LogP contribution in [0, 0.1) is 0 Å². The molecule has 0 aliphatic rings. The Hall–Kier alpha value is -0.440. The van der Waals surface area contributed by atoms with E-state index in [2.05, 4.69) is 9.05 Å². The van der Waals surface area contributed by atoms with Gasteiger partial charge in [0.25, 0.3) is 0 Å². The number of carbonyl (C=O) groups excluding carboxylic acids is 2. The van der Waals surface area contributed by atoms with E-state index in [0.717, 1.165) is 38.4 Å². The van der Waals surface area contributed by atoms with Gasteiger partial charge in [-0.3, -0.25) is 13.8 Å². The molecule has 0 saturated heterocycles. The van der Waals surface area contributed by atoms with Crippen LogP contribution >= 0.6 is 15.5 Å². The third kappa shape index (κ3) is 18.4. The minimum Gasteiger partial charge on any atom is -0.313 e. The lowest BCUT2D eigenvalue weighted by atomic mass is 10.0. The number of hydrogen-bond donors (Lipinski definition) is 4. The third-order valence-corrected chi connectivity index (χ3v) is 4.53. The summed E-state index contributed by atoms with van der Waals surface area (Å²) in [5, 5.41) is 0. The van der Waals surface area contributed by atoms with E-state index in [9.17, 15) is 18.7 Å². The highest BCUT2D eigenvalue weighted by Gasteiger charge is 2.26. The van der Waals surface area contributed by atoms with Crippen molar-refractivity contribution in [3.8, 4) is 0 Å². The summed E-state index contributed by atoms with van der Waals surface area (Å²) in [6.07, 6.45) is 6.24. The fourth-order valence-corrected chi connectivity index (χ4v) is 3.34. The Kier molecular flexibility index (Phi) is 13.5. The molecule has 10 nitrogen and oxygen atoms in total. The zero-order chi connectivity index (χ0) is 20.1. The predicted molar refractivity (Wildman–Crippen MR) is 95.8 cm³/mol. The summed E-state index contributed by atoms with van der Waals surface area (Å²) in [5.41, 5.74) is 9.68. The van der Waals surface area contributed by atoms with E-state index in [4.69, 9.17) is 20.8 Å². The van der Waals surface area contributed by atoms with Crippen molar-refractivity contribution < 1.29 is 37.6 Å². The van der Waals surface area contributed by atoms with Gasteiger partial charge in [-0.15, -0.1) is 0 Å². The standard InChI is InChI=1S/C14H30N2O8P2/c15-25(19,20)23-14(24-26(16,21)22)11-7-6-10-13(18)9-5-3-1-2-4-8-12-17/h12,14H,1-11H2,(H3,15,19,20)(H3,16,21,22). The lowest BCUT2D eigenvalue weighted by Gasteiger charge is -2.20. The Balaban J connectivity index is 3.90. The average molecular weight is 416 g/mol. The molecule has 0 heterocycles. The van der Waals surface area contributed by atoms with Crippen LogP contribution in [0.25, 0.3) is 0 Å². The average Bonchev–Trinajstić information content (AvgIpc) is 2.47. The maximum absolute atomic E-state index is 11.8. The van der Waals surface area contributed by atoms with E-state index in [1.54, 1.807) is 0 Å². The number of aldehydes is 1. The van der Waals surface area contributed by atoms with Crippen molar-refractivity contribution in [1.82, 2.24) is 0 Å². The van der Waals surface area contributed by atoms with Crippen LogP contribution in [0.3, 0.4) is 0 Å². The molecule has 2 atom stereocenters. The van der Waals surface area contributed by atoms with Crippen LogP contribution in [0.2, 0.25) is 0 Å². The molecule has 6 N–H and O–H groups in total. The number of hydrogen-bond acceptors (Lipinski definition) is 6. The Morgan fingerprint density at radius 1 is 0.885 bits per heavy atom. The minimum absolute atomic E-state index is 0.00644. The minimum atomic E-state index is -4.40. The summed E-state index contributed by atoms with van der Waals surface area (Å²) >= 11 is 0. The monoisotopic (exact) mass is 416 g/mol. The molecule has 0 saturated carbocycles. The molecule has 0 bridgehead atoms. The van der Waals surface area contributed by atoms with E-state index < -0.39 is 21.8 Å². The van der Waals surface area contributed by atoms with Crippen LogP contribution in [0.4, 0.5) is 0 Å². The zero-order valence-corrected chi connectivity index (χ0v) is 16.6. The van der Waals surface area contributed by atoms with Gasteiger partial charge in [-0.1, -0.05) is 19.3 Å². The van der Waals surface area contributed by atoms with Crippen molar-refractivity contribution in [1.29, 1.82) is 0 Å². The summed E-state index contributed by atoms with van der Waals surface area (Å²) in [6, 6.07) is 0. The summed E-state index contributed by atoms with van der Waals surface area (Å²) < 4.78 is 31.0. The summed E-state index contributed by atoms with van der Waals surface area (Å²) in [6.45, 7) is 0. The Morgan fingerprint density at radius 3 is 1.85 bits per heavy atom. The predicted octanol–water partition coefficient (Wildman–Crippen LogP) is 2.52. The molecule has 0 fully saturated rings. The number of rotatable bonds is 17. The van der Waals surface area contributed by atoms with Crippen molar-refractivity contribution in [3.63, 3.8) is 0 Å². The second-order valence-corrected chi connectivity index (χ2v) is 8.70. The second-order valence-electron chi connectivity index (χ2n) is 6.03. The largest absolute Gasteiger partial charge is 0.402 e. The Morgan fingerprint density at radius 2 is 1.35 bits per heavy atom. The molecule has 0 radical (unpaired) electrons. The lowest BCUT2D eigenvalue weighted by molar-refractivity contribution is -0.119. The molecule has 0 rings (SSSR count). The molecule has 0 aromatic heterocycles. The molecule has 26 heavy (non-hydrogen) atoms. The van der Waals surface area contributed by atoms with Crippen LogP contribution < -0.4 is 11.0 Å². The van der Waals surface area contributed by atoms with Crippen LogP contribution in [-0.2, 0) is 27.8 Å². The third-order valence-electron chi connectivity index (χ3n) is 3.46. The summed E-state index contributed by atoms with van der Waals surface area (Å²) in [4.78, 5) is 39.9. The lowest BCUT2D eigenvalue weighted by Crippen LogP contribution is -2.19. The zero-order valence-electron chi connectivity index (χ0n) is 14.8. The second kappa shape index (κ2) is 13.7. The van der Waals surface area contributed by atoms with Gasteiger partial charge in [0.1, 0.15) is 12.1 Å². The topological polar surface area (TPSA) is 179 Å². The van der Waals surface area contributed by atoms with Gasteiger partial charge in [0, 0.05) is 19.3 Å². The highest BCUT2D eigenvalue weighted by atomic mass is 31.2. The molecule has 0 spiro atoms. The first kappa shape index (κ1) is 25.6. The van der Waals surface area contributed by atoms with Crippen molar-refractivity contribution in [2.24, 2.45) is 11.0 Å². The quantitative estimate of drug-likeness (QED) is 0.119. The molecule has 154 valence electrons. The first-order chi connectivity index (χ1) is 12.0. The number of unbranched alkanes of at least 4 members (excludes halogenated alkanes) is 6. The van der Waals surface area contributed by atoms with Crippen molar-refractivity contribution in [2.45, 2.75) is 76.9 Å². The van der Waals surface area contributed by atoms with E-state index in [0.29, 0.717) is 32.1 Å². The summed E-state index contributed by atoms with van der Waals surface area (Å²) in [7, 11) is -8.81. The van der Waals surface area contributed by atoms with Gasteiger partial charge in [-0.25, -0.2) is 20.1 Å². The van der Waals surface area contributed by atoms with Crippen molar-refractivity contribution in [3.05, 3.63) is 0 Å². The van der Waals surface area contributed by atoms with Crippen molar-refractivity contribution >= 4 is 27.6 Å². The fourth-order valence-electron chi connectivity index (χ4n) is 2.30. The van der Waals surface area contributed by atoms with E-state index in [1.807, 2.05) is 0 Å². The number of nitrogens with two attached hydrogens (primary N) is 2. The van der Waals surface area contributed by atoms with E-state index in [-0.39, 0.29) is 12.2 Å². The van der Waals surface area contributed by atoms with Gasteiger partial charge < -0.3 is 14.6 Å². The molecular weight excluding hydrogens is 386 g/mol. The molecule has 2 unspecified atom stereocenters. The maximum atomic E-state index is 11.8. The highest BCUT2D eigenvalue weighted by Crippen LogP contribution is 2.41. The number of ketones is 1. The van der Waals surface area contributed by atoms with Crippen molar-refractivity contribution in [2.75, 3.05) is 0 Å². The molecular formula is C14H30N2O8P2. The maximum Gasteiger partial charge on any atom is 0.402 e. The van der Waals surface area contributed by atoms with Gasteiger partial charge in [0.2, 0.25) is 0 Å². The molecule has 0 aliphatic heterocycles.